The van der Waals surface area contributed by atoms with Gasteiger partial charge in [-0.3, -0.25) is 4.57 Å². The maximum Gasteiger partial charge on any atom is 0.165 e. The fourth-order valence-electron chi connectivity index (χ4n) is 7.55. The van der Waals surface area contributed by atoms with Crippen LogP contribution in [0.3, 0.4) is 0 Å². The molecule has 7 aromatic rings. The number of hydrogen-bond donors (Lipinski definition) is 0. The van der Waals surface area contributed by atoms with Crippen molar-refractivity contribution in [2.75, 3.05) is 0 Å². The predicted octanol–water partition coefficient (Wildman–Crippen LogP) is 10.0. The Labute approximate surface area is 274 Å². The van der Waals surface area contributed by atoms with Gasteiger partial charge >= 0.3 is 0 Å². The number of fused-ring (bicyclic) bond motifs is 5. The predicted molar refractivity (Wildman–Crippen MR) is 191 cm³/mol. The second kappa shape index (κ2) is 10.4. The normalized spacial score (nSPS) is 16.5. The molecule has 0 amide bonds. The lowest BCUT2D eigenvalue weighted by Crippen LogP contribution is -2.17. The highest BCUT2D eigenvalue weighted by Gasteiger charge is 2.39. The van der Waals surface area contributed by atoms with Crippen LogP contribution in [0.1, 0.15) is 38.3 Å². The van der Waals surface area contributed by atoms with E-state index in [0.29, 0.717) is 23.4 Å². The van der Waals surface area contributed by atoms with Crippen LogP contribution in [0.25, 0.3) is 67.4 Å². The molecular formula is C42H33N5. The van der Waals surface area contributed by atoms with Gasteiger partial charge < -0.3 is 0 Å². The molecule has 0 aliphatic heterocycles. The largest absolute Gasteiger partial charge is 0.294 e. The molecule has 0 spiro atoms. The third-order valence-corrected chi connectivity index (χ3v) is 9.94. The smallest absolute Gasteiger partial charge is 0.165 e. The van der Waals surface area contributed by atoms with E-state index in [-0.39, 0.29) is 5.41 Å². The van der Waals surface area contributed by atoms with Gasteiger partial charge in [0.1, 0.15) is 5.82 Å². The Hall–Kier alpha value is -5.68. The summed E-state index contributed by atoms with van der Waals surface area (Å²) in [7, 11) is 0. The molecule has 2 aliphatic rings. The number of aromatic nitrogens is 5. The molecule has 0 radical (unpaired) electrons. The van der Waals surface area contributed by atoms with Crippen molar-refractivity contribution in [3.63, 3.8) is 0 Å². The zero-order chi connectivity index (χ0) is 31.7. The van der Waals surface area contributed by atoms with Gasteiger partial charge in [-0.25, -0.2) is 19.9 Å². The Morgan fingerprint density at radius 3 is 1.96 bits per heavy atom. The van der Waals surface area contributed by atoms with E-state index in [1.165, 1.54) is 38.6 Å². The third-order valence-electron chi connectivity index (χ3n) is 9.94. The summed E-state index contributed by atoms with van der Waals surface area (Å²) in [4.78, 5) is 19.7. The molecule has 5 heteroatoms. The van der Waals surface area contributed by atoms with Crippen molar-refractivity contribution < 1.29 is 0 Å². The molecule has 1 unspecified atom stereocenters. The van der Waals surface area contributed by atoms with Gasteiger partial charge in [-0.1, -0.05) is 112 Å². The maximum absolute atomic E-state index is 5.06. The Morgan fingerprint density at radius 1 is 0.660 bits per heavy atom. The molecule has 2 aliphatic carbocycles. The first-order valence-corrected chi connectivity index (χ1v) is 16.3. The molecule has 0 saturated heterocycles. The molecule has 0 fully saturated rings. The van der Waals surface area contributed by atoms with E-state index in [9.17, 15) is 0 Å². The van der Waals surface area contributed by atoms with E-state index in [2.05, 4.69) is 86.0 Å². The fraction of sp³-hybridized carbons (Fsp3) is 0.143. The van der Waals surface area contributed by atoms with E-state index in [0.717, 1.165) is 34.4 Å². The number of nitrogens with zero attached hydrogens (tertiary/aromatic N) is 5. The second-order valence-corrected chi connectivity index (χ2v) is 13.2. The quantitative estimate of drug-likeness (QED) is 0.200. The van der Waals surface area contributed by atoms with Crippen molar-refractivity contribution in [3.05, 3.63) is 144 Å². The number of pyridine rings is 1. The molecule has 3 heterocycles. The van der Waals surface area contributed by atoms with Crippen molar-refractivity contribution in [2.24, 2.45) is 5.92 Å². The van der Waals surface area contributed by atoms with E-state index >= 15 is 0 Å². The lowest BCUT2D eigenvalue weighted by Gasteiger charge is -2.25. The van der Waals surface area contributed by atoms with Gasteiger partial charge in [-0.05, 0) is 64.9 Å². The number of benzene rings is 4. The summed E-state index contributed by atoms with van der Waals surface area (Å²) in [5.41, 5.74) is 10.8. The monoisotopic (exact) mass is 607 g/mol. The Bertz CT molecular complexity index is 2340. The van der Waals surface area contributed by atoms with Crippen LogP contribution in [0.5, 0.6) is 0 Å². The fourth-order valence-corrected chi connectivity index (χ4v) is 7.55. The van der Waals surface area contributed by atoms with Crippen LogP contribution in [0.2, 0.25) is 0 Å². The van der Waals surface area contributed by atoms with Crippen LogP contribution in [-0.4, -0.2) is 24.5 Å². The maximum atomic E-state index is 5.06. The molecule has 3 aromatic heterocycles. The third kappa shape index (κ3) is 4.30. The number of allylic oxidation sites excluding steroid dienone is 4. The van der Waals surface area contributed by atoms with Gasteiger partial charge in [-0.15, -0.1) is 0 Å². The topological polar surface area (TPSA) is 56.5 Å². The summed E-state index contributed by atoms with van der Waals surface area (Å²) >= 11 is 0. The van der Waals surface area contributed by atoms with Gasteiger partial charge in [0, 0.05) is 39.1 Å². The van der Waals surface area contributed by atoms with Crippen molar-refractivity contribution in [2.45, 2.75) is 32.6 Å². The molecule has 0 bridgehead atoms. The van der Waals surface area contributed by atoms with E-state index in [1.807, 2.05) is 66.9 Å². The molecule has 0 saturated carbocycles. The Balaban J connectivity index is 1.20. The van der Waals surface area contributed by atoms with Crippen LogP contribution in [0.4, 0.5) is 0 Å². The number of hydrogen-bond acceptors (Lipinski definition) is 4. The second-order valence-electron chi connectivity index (χ2n) is 13.2. The standard InChI is InChI=1S/C42H33N5/c1-26-13-12-19-33-38(26)32-24-36-31(23-34(32)42(33,2)3)30-18-10-11-20-35(30)47(36)37-22-21-29(25-43-37)41-45-39(27-14-6-4-7-15-27)44-40(46-41)28-16-8-5-9-17-28/h4-12,14-26H,13H2,1-3H3. The van der Waals surface area contributed by atoms with Crippen LogP contribution in [-0.2, 0) is 5.41 Å². The van der Waals surface area contributed by atoms with E-state index in [1.54, 1.807) is 0 Å². The first-order chi connectivity index (χ1) is 23.0. The molecule has 5 nitrogen and oxygen atoms in total. The zero-order valence-corrected chi connectivity index (χ0v) is 26.6. The zero-order valence-electron chi connectivity index (χ0n) is 26.6. The van der Waals surface area contributed by atoms with Crippen molar-refractivity contribution in [1.82, 2.24) is 24.5 Å². The Morgan fingerprint density at radius 2 is 1.30 bits per heavy atom. The Kier molecular flexibility index (Phi) is 6.13. The average Bonchev–Trinajstić information content (AvgIpc) is 3.56. The van der Waals surface area contributed by atoms with Gasteiger partial charge in [0.15, 0.2) is 17.5 Å². The van der Waals surface area contributed by atoms with Crippen molar-refractivity contribution in [1.29, 1.82) is 0 Å². The summed E-state index contributed by atoms with van der Waals surface area (Å²) in [6.45, 7) is 7.10. The lowest BCUT2D eigenvalue weighted by atomic mass is 9.78. The number of rotatable bonds is 4. The SMILES string of the molecule is CC1CC=CC2=C1c1cc3c(cc1C2(C)C)c1ccccc1n3-c1ccc(-c2nc(-c3ccccc3)nc(-c3ccccc3)n2)cn1. The van der Waals surface area contributed by atoms with Gasteiger partial charge in [-0.2, -0.15) is 0 Å². The molecular weight excluding hydrogens is 574 g/mol. The van der Waals surface area contributed by atoms with Crippen LogP contribution < -0.4 is 0 Å². The van der Waals surface area contributed by atoms with Crippen LogP contribution in [0.15, 0.2) is 133 Å². The van der Waals surface area contributed by atoms with Gasteiger partial charge in [0.05, 0.1) is 11.0 Å². The summed E-state index contributed by atoms with van der Waals surface area (Å²) in [6, 6.07) is 37.8. The summed E-state index contributed by atoms with van der Waals surface area (Å²) < 4.78 is 2.31. The first-order valence-electron chi connectivity index (χ1n) is 16.3. The van der Waals surface area contributed by atoms with Crippen molar-refractivity contribution in [3.8, 4) is 40.0 Å². The molecule has 1 atom stereocenters. The van der Waals surface area contributed by atoms with Gasteiger partial charge in [0.25, 0.3) is 0 Å². The highest BCUT2D eigenvalue weighted by atomic mass is 15.1. The summed E-state index contributed by atoms with van der Waals surface area (Å²) in [5.74, 6) is 3.22. The van der Waals surface area contributed by atoms with Crippen LogP contribution in [0, 0.1) is 5.92 Å². The highest BCUT2D eigenvalue weighted by Crippen LogP contribution is 2.53. The van der Waals surface area contributed by atoms with E-state index in [4.69, 9.17) is 19.9 Å². The highest BCUT2D eigenvalue weighted by molar-refractivity contribution is 6.11. The minimum Gasteiger partial charge on any atom is -0.294 e. The number of para-hydroxylation sites is 1. The van der Waals surface area contributed by atoms with Gasteiger partial charge in [0.2, 0.25) is 0 Å². The summed E-state index contributed by atoms with van der Waals surface area (Å²) in [5, 5.41) is 2.49. The van der Waals surface area contributed by atoms with Crippen LogP contribution >= 0.6 is 0 Å². The molecule has 226 valence electrons. The minimum absolute atomic E-state index is 0.0329. The van der Waals surface area contributed by atoms with Crippen molar-refractivity contribution >= 4 is 27.4 Å². The van der Waals surface area contributed by atoms with E-state index < -0.39 is 0 Å². The molecule has 47 heavy (non-hydrogen) atoms. The molecule has 4 aromatic carbocycles. The lowest BCUT2D eigenvalue weighted by molar-refractivity contribution is 0.644. The average molecular weight is 608 g/mol. The first kappa shape index (κ1) is 27.6. The molecule has 0 N–H and O–H groups in total. The minimum atomic E-state index is -0.0329. The summed E-state index contributed by atoms with van der Waals surface area (Å²) in [6.07, 6.45) is 7.67. The molecule has 9 rings (SSSR count).